The van der Waals surface area contributed by atoms with Gasteiger partial charge in [0.1, 0.15) is 0 Å². The van der Waals surface area contributed by atoms with E-state index in [9.17, 15) is 4.79 Å². The highest BCUT2D eigenvalue weighted by Gasteiger charge is 2.57. The summed E-state index contributed by atoms with van der Waals surface area (Å²) in [7, 11) is 0. The zero-order valence-corrected chi connectivity index (χ0v) is 15.3. The number of anilines is 1. The van der Waals surface area contributed by atoms with Gasteiger partial charge in [0.2, 0.25) is 5.91 Å². The Morgan fingerprint density at radius 3 is 2.81 bits per heavy atom. The summed E-state index contributed by atoms with van der Waals surface area (Å²) in [6, 6.07) is 14.7. The molecule has 1 saturated carbocycles. The van der Waals surface area contributed by atoms with Crippen molar-refractivity contribution in [1.82, 2.24) is 10.3 Å². The lowest BCUT2D eigenvalue weighted by Gasteiger charge is -2.22. The van der Waals surface area contributed by atoms with Gasteiger partial charge in [-0.05, 0) is 54.6 Å². The molecule has 2 aliphatic rings. The van der Waals surface area contributed by atoms with Gasteiger partial charge in [-0.15, -0.1) is 11.3 Å². The van der Waals surface area contributed by atoms with Gasteiger partial charge < -0.3 is 10.6 Å². The number of rotatable bonds is 3. The molecule has 2 heterocycles. The number of benzene rings is 2. The van der Waals surface area contributed by atoms with Crippen LogP contribution in [0.3, 0.4) is 0 Å². The standard InChI is InChI=1S/C21H21N3OS/c25-19(17-12-21(17)7-9-22-10-8-21)24-20-23-18(13-26-20)16-6-5-14-3-1-2-4-15(14)11-16/h1-6,11,13,17,22H,7-10,12H2,(H,23,24,25). The van der Waals surface area contributed by atoms with Crippen molar-refractivity contribution in [1.29, 1.82) is 0 Å². The summed E-state index contributed by atoms with van der Waals surface area (Å²) in [4.78, 5) is 17.2. The predicted molar refractivity (Wildman–Crippen MR) is 106 cm³/mol. The molecule has 1 saturated heterocycles. The minimum Gasteiger partial charge on any atom is -0.317 e. The Morgan fingerprint density at radius 2 is 1.96 bits per heavy atom. The van der Waals surface area contributed by atoms with Crippen LogP contribution >= 0.6 is 11.3 Å². The molecular weight excluding hydrogens is 342 g/mol. The number of thiazole rings is 1. The smallest absolute Gasteiger partial charge is 0.229 e. The van der Waals surface area contributed by atoms with Crippen LogP contribution in [0.1, 0.15) is 19.3 Å². The highest BCUT2D eigenvalue weighted by molar-refractivity contribution is 7.14. The molecular formula is C21H21N3OS. The maximum Gasteiger partial charge on any atom is 0.229 e. The van der Waals surface area contributed by atoms with E-state index in [1.54, 1.807) is 0 Å². The lowest BCUT2D eigenvalue weighted by atomic mass is 9.92. The predicted octanol–water partition coefficient (Wildman–Crippen LogP) is 4.29. The summed E-state index contributed by atoms with van der Waals surface area (Å²) < 4.78 is 0. The Hall–Kier alpha value is -2.24. The lowest BCUT2D eigenvalue weighted by Crippen LogP contribution is -2.31. The first kappa shape index (κ1) is 16.0. The van der Waals surface area contributed by atoms with Gasteiger partial charge in [0.25, 0.3) is 0 Å². The van der Waals surface area contributed by atoms with Gasteiger partial charge in [-0.25, -0.2) is 4.98 Å². The second-order valence-electron chi connectivity index (χ2n) is 7.46. The molecule has 0 bridgehead atoms. The average molecular weight is 363 g/mol. The van der Waals surface area contributed by atoms with Crippen LogP contribution in [0.25, 0.3) is 22.0 Å². The number of hydrogen-bond donors (Lipinski definition) is 2. The molecule has 2 N–H and O–H groups in total. The summed E-state index contributed by atoms with van der Waals surface area (Å²) in [5.41, 5.74) is 2.26. The molecule has 2 fully saturated rings. The second-order valence-corrected chi connectivity index (χ2v) is 8.32. The van der Waals surface area contributed by atoms with E-state index in [2.05, 4.69) is 45.9 Å². The SMILES string of the molecule is O=C(Nc1nc(-c2ccc3ccccc3c2)cs1)C1CC12CCNCC2. The van der Waals surface area contributed by atoms with E-state index < -0.39 is 0 Å². The number of piperidine rings is 1. The Balaban J connectivity index is 1.31. The van der Waals surface area contributed by atoms with Crippen LogP contribution in [0, 0.1) is 11.3 Å². The first-order chi connectivity index (χ1) is 12.7. The number of fused-ring (bicyclic) bond motifs is 1. The zero-order chi connectivity index (χ0) is 17.6. The molecule has 4 nitrogen and oxygen atoms in total. The van der Waals surface area contributed by atoms with Crippen molar-refractivity contribution < 1.29 is 4.79 Å². The second kappa shape index (κ2) is 6.18. The molecule has 3 aromatic rings. The molecule has 0 radical (unpaired) electrons. The van der Waals surface area contributed by atoms with Crippen LogP contribution in [0.2, 0.25) is 0 Å². The molecule has 1 aliphatic heterocycles. The maximum absolute atomic E-state index is 12.6. The van der Waals surface area contributed by atoms with Crippen molar-refractivity contribution in [2.75, 3.05) is 18.4 Å². The fourth-order valence-corrected chi connectivity index (χ4v) is 4.92. The van der Waals surface area contributed by atoms with Crippen LogP contribution in [0.4, 0.5) is 5.13 Å². The Bertz CT molecular complexity index is 974. The molecule has 26 heavy (non-hydrogen) atoms. The lowest BCUT2D eigenvalue weighted by molar-refractivity contribution is -0.118. The molecule has 5 heteroatoms. The first-order valence-corrected chi connectivity index (χ1v) is 10.1. The third kappa shape index (κ3) is 2.81. The number of carbonyl (C=O) groups excluding carboxylic acids is 1. The van der Waals surface area contributed by atoms with Gasteiger partial charge in [-0.3, -0.25) is 4.79 Å². The minimum atomic E-state index is 0.145. The number of aromatic nitrogens is 1. The van der Waals surface area contributed by atoms with Crippen LogP contribution in [0.15, 0.2) is 47.8 Å². The summed E-state index contributed by atoms with van der Waals surface area (Å²) in [5, 5.41) is 11.6. The molecule has 1 aliphatic carbocycles. The van der Waals surface area contributed by atoms with Crippen LogP contribution in [-0.2, 0) is 4.79 Å². The molecule has 1 unspecified atom stereocenters. The molecule has 5 rings (SSSR count). The molecule has 1 aromatic heterocycles. The molecule has 1 spiro atoms. The number of amides is 1. The summed E-state index contributed by atoms with van der Waals surface area (Å²) in [6.45, 7) is 2.07. The van der Waals surface area contributed by atoms with Gasteiger partial charge >= 0.3 is 0 Å². The highest BCUT2D eigenvalue weighted by atomic mass is 32.1. The fraction of sp³-hybridized carbons (Fsp3) is 0.333. The topological polar surface area (TPSA) is 54.0 Å². The van der Waals surface area contributed by atoms with E-state index in [1.165, 1.54) is 22.1 Å². The normalized spacial score (nSPS) is 21.0. The molecule has 1 amide bonds. The van der Waals surface area contributed by atoms with Crippen molar-refractivity contribution in [3.63, 3.8) is 0 Å². The van der Waals surface area contributed by atoms with Gasteiger partial charge in [-0.1, -0.05) is 36.4 Å². The van der Waals surface area contributed by atoms with Gasteiger partial charge in [0, 0.05) is 16.9 Å². The van der Waals surface area contributed by atoms with Crippen molar-refractivity contribution in [2.45, 2.75) is 19.3 Å². The summed E-state index contributed by atoms with van der Waals surface area (Å²) in [5.74, 6) is 0.309. The Morgan fingerprint density at radius 1 is 1.15 bits per heavy atom. The van der Waals surface area contributed by atoms with E-state index in [0.717, 1.165) is 43.6 Å². The van der Waals surface area contributed by atoms with E-state index in [4.69, 9.17) is 0 Å². The summed E-state index contributed by atoms with van der Waals surface area (Å²) >= 11 is 1.50. The number of nitrogens with one attached hydrogen (secondary N) is 2. The Labute approximate surface area is 156 Å². The number of carbonyl (C=O) groups is 1. The molecule has 132 valence electrons. The van der Waals surface area contributed by atoms with E-state index in [1.807, 2.05) is 17.5 Å². The third-order valence-corrected chi connectivity index (χ3v) is 6.64. The average Bonchev–Trinajstić information content (AvgIpc) is 3.16. The van der Waals surface area contributed by atoms with Crippen molar-refractivity contribution >= 4 is 33.1 Å². The van der Waals surface area contributed by atoms with Gasteiger partial charge in [0.05, 0.1) is 5.69 Å². The number of hydrogen-bond acceptors (Lipinski definition) is 4. The van der Waals surface area contributed by atoms with Gasteiger partial charge in [0.15, 0.2) is 5.13 Å². The largest absolute Gasteiger partial charge is 0.317 e. The van der Waals surface area contributed by atoms with E-state index >= 15 is 0 Å². The van der Waals surface area contributed by atoms with Crippen molar-refractivity contribution in [3.8, 4) is 11.3 Å². The third-order valence-electron chi connectivity index (χ3n) is 5.89. The first-order valence-electron chi connectivity index (χ1n) is 9.20. The van der Waals surface area contributed by atoms with Crippen molar-refractivity contribution in [2.24, 2.45) is 11.3 Å². The maximum atomic E-state index is 12.6. The van der Waals surface area contributed by atoms with Crippen LogP contribution in [-0.4, -0.2) is 24.0 Å². The Kier molecular flexibility index (Phi) is 3.80. The highest BCUT2D eigenvalue weighted by Crippen LogP contribution is 2.58. The fourth-order valence-electron chi connectivity index (χ4n) is 4.20. The van der Waals surface area contributed by atoms with E-state index in [-0.39, 0.29) is 17.2 Å². The van der Waals surface area contributed by atoms with E-state index in [0.29, 0.717) is 5.13 Å². The monoisotopic (exact) mass is 363 g/mol. The quantitative estimate of drug-likeness (QED) is 0.730. The molecule has 1 atom stereocenters. The summed E-state index contributed by atoms with van der Waals surface area (Å²) in [6.07, 6.45) is 3.26. The minimum absolute atomic E-state index is 0.145. The van der Waals surface area contributed by atoms with Crippen LogP contribution < -0.4 is 10.6 Å². The van der Waals surface area contributed by atoms with Gasteiger partial charge in [-0.2, -0.15) is 0 Å². The zero-order valence-electron chi connectivity index (χ0n) is 14.5. The van der Waals surface area contributed by atoms with Crippen molar-refractivity contribution in [3.05, 3.63) is 47.8 Å². The molecule has 2 aromatic carbocycles. The van der Waals surface area contributed by atoms with Crippen LogP contribution in [0.5, 0.6) is 0 Å². The number of nitrogens with zero attached hydrogens (tertiary/aromatic N) is 1.